The molecule has 1 aliphatic rings. The molecule has 3 N–H and O–H groups in total. The van der Waals surface area contributed by atoms with E-state index in [1.165, 1.54) is 17.2 Å². The number of nitrogens with two attached hydrogens (primary N) is 1. The molecule has 162 valence electrons. The van der Waals surface area contributed by atoms with E-state index in [4.69, 9.17) is 15.2 Å². The second-order valence-corrected chi connectivity index (χ2v) is 8.71. The Bertz CT molecular complexity index is 908. The molecule has 0 bridgehead atoms. The third-order valence-corrected chi connectivity index (χ3v) is 5.00. The first-order valence-corrected chi connectivity index (χ1v) is 10.1. The minimum absolute atomic E-state index is 0.0555. The van der Waals surface area contributed by atoms with Crippen molar-refractivity contribution in [2.24, 2.45) is 0 Å². The molecule has 11 heteroatoms. The third kappa shape index (κ3) is 5.15. The van der Waals surface area contributed by atoms with Crippen LogP contribution in [-0.4, -0.2) is 57.2 Å². The van der Waals surface area contributed by atoms with Crippen molar-refractivity contribution < 1.29 is 23.5 Å². The maximum atomic E-state index is 14.3. The molecule has 2 atom stereocenters. The highest BCUT2D eigenvalue weighted by molar-refractivity contribution is 7.10. The van der Waals surface area contributed by atoms with Crippen LogP contribution in [0.5, 0.6) is 5.88 Å². The molecule has 1 saturated heterocycles. The highest BCUT2D eigenvalue weighted by Crippen LogP contribution is 2.24. The predicted molar refractivity (Wildman–Crippen MR) is 111 cm³/mol. The van der Waals surface area contributed by atoms with E-state index < -0.39 is 24.0 Å². The summed E-state index contributed by atoms with van der Waals surface area (Å²) in [5.41, 5.74) is 6.42. The first-order valence-electron chi connectivity index (χ1n) is 9.31. The first-order chi connectivity index (χ1) is 14.0. The zero-order valence-corrected chi connectivity index (χ0v) is 18.0. The summed E-state index contributed by atoms with van der Waals surface area (Å²) in [6.45, 7) is 6.89. The Morgan fingerprint density at radius 3 is 2.63 bits per heavy atom. The maximum absolute atomic E-state index is 14.3. The number of carbonyl (C=O) groups excluding carboxylic acids is 2. The van der Waals surface area contributed by atoms with Gasteiger partial charge in [-0.15, -0.1) is 0 Å². The Balaban J connectivity index is 1.58. The number of amides is 2. The largest absolute Gasteiger partial charge is 0.469 e. The van der Waals surface area contributed by atoms with Crippen molar-refractivity contribution in [2.75, 3.05) is 24.1 Å². The Hall–Kier alpha value is -2.95. The van der Waals surface area contributed by atoms with Crippen molar-refractivity contribution in [1.29, 1.82) is 0 Å². The molecular weight excluding hydrogens is 413 g/mol. The van der Waals surface area contributed by atoms with E-state index in [1.54, 1.807) is 33.8 Å². The van der Waals surface area contributed by atoms with E-state index >= 15 is 0 Å². The fourth-order valence-corrected chi connectivity index (χ4v) is 3.52. The van der Waals surface area contributed by atoms with Crippen LogP contribution >= 0.6 is 11.5 Å². The lowest BCUT2D eigenvalue weighted by Gasteiger charge is -2.24. The van der Waals surface area contributed by atoms with Crippen LogP contribution < -0.4 is 15.8 Å². The summed E-state index contributed by atoms with van der Waals surface area (Å²) in [5.74, 6) is -0.207. The molecule has 0 radical (unpaired) electrons. The topological polar surface area (TPSA) is 120 Å². The van der Waals surface area contributed by atoms with E-state index in [2.05, 4.69) is 14.7 Å². The maximum Gasteiger partial charge on any atom is 0.410 e. The summed E-state index contributed by atoms with van der Waals surface area (Å²) in [5, 5.41) is 3.02. The Kier molecular flexibility index (Phi) is 6.11. The van der Waals surface area contributed by atoms with Gasteiger partial charge in [0.1, 0.15) is 10.6 Å². The van der Waals surface area contributed by atoms with Gasteiger partial charge in [-0.2, -0.15) is 4.37 Å². The molecule has 0 spiro atoms. The predicted octanol–water partition coefficient (Wildman–Crippen LogP) is 3.02. The molecular formula is C19H24FN5O4S. The van der Waals surface area contributed by atoms with Crippen molar-refractivity contribution >= 4 is 34.2 Å². The number of nitrogens with one attached hydrogen (secondary N) is 1. The van der Waals surface area contributed by atoms with Gasteiger partial charge in [-0.1, -0.05) is 0 Å². The SMILES string of the molecule is Cc1nsc(N)c1C(=O)Nc1ccc(O[C@@H]2CN(C(=O)OC(C)(C)C)C[C@@H]2F)nc1. The number of hydrogen-bond donors (Lipinski definition) is 2. The average Bonchev–Trinajstić information content (AvgIpc) is 3.17. The van der Waals surface area contributed by atoms with Crippen LogP contribution in [-0.2, 0) is 4.74 Å². The lowest BCUT2D eigenvalue weighted by Crippen LogP contribution is -2.36. The number of pyridine rings is 1. The Morgan fingerprint density at radius 1 is 1.33 bits per heavy atom. The van der Waals surface area contributed by atoms with Crippen molar-refractivity contribution in [2.45, 2.75) is 45.6 Å². The van der Waals surface area contributed by atoms with Gasteiger partial charge in [0, 0.05) is 6.07 Å². The number of halogens is 1. The quantitative estimate of drug-likeness (QED) is 0.754. The van der Waals surface area contributed by atoms with Gasteiger partial charge in [-0.3, -0.25) is 4.79 Å². The minimum Gasteiger partial charge on any atom is -0.469 e. The molecule has 2 aromatic rings. The van der Waals surface area contributed by atoms with Crippen molar-refractivity contribution in [1.82, 2.24) is 14.3 Å². The van der Waals surface area contributed by atoms with Gasteiger partial charge in [0.25, 0.3) is 5.91 Å². The van der Waals surface area contributed by atoms with Crippen LogP contribution in [0, 0.1) is 6.92 Å². The molecule has 2 amide bonds. The van der Waals surface area contributed by atoms with Crippen LogP contribution in [0.2, 0.25) is 0 Å². The molecule has 30 heavy (non-hydrogen) atoms. The molecule has 3 heterocycles. The molecule has 0 aliphatic carbocycles. The number of alkyl halides is 1. The summed E-state index contributed by atoms with van der Waals surface area (Å²) in [6.07, 6.45) is -1.41. The number of hydrogen-bond acceptors (Lipinski definition) is 8. The highest BCUT2D eigenvalue weighted by atomic mass is 32.1. The number of nitrogens with zero attached hydrogens (tertiary/aromatic N) is 3. The molecule has 2 aromatic heterocycles. The smallest absolute Gasteiger partial charge is 0.410 e. The average molecular weight is 437 g/mol. The van der Waals surface area contributed by atoms with Gasteiger partial charge in [0.05, 0.1) is 36.2 Å². The number of rotatable bonds is 4. The monoisotopic (exact) mass is 437 g/mol. The fourth-order valence-electron chi connectivity index (χ4n) is 2.86. The van der Waals surface area contributed by atoms with Crippen LogP contribution in [0.3, 0.4) is 0 Å². The van der Waals surface area contributed by atoms with Crippen molar-refractivity contribution in [3.8, 4) is 5.88 Å². The number of likely N-dealkylation sites (tertiary alicyclic amines) is 1. The normalized spacial score (nSPS) is 18.9. The van der Waals surface area contributed by atoms with E-state index in [0.29, 0.717) is 21.9 Å². The molecule has 1 fully saturated rings. The van der Waals surface area contributed by atoms with E-state index in [0.717, 1.165) is 11.5 Å². The molecule has 1 aliphatic heterocycles. The number of aryl methyl sites for hydroxylation is 1. The second kappa shape index (κ2) is 8.42. The number of anilines is 2. The summed E-state index contributed by atoms with van der Waals surface area (Å²) in [7, 11) is 0. The fraction of sp³-hybridized carbons (Fsp3) is 0.474. The highest BCUT2D eigenvalue weighted by Gasteiger charge is 2.39. The number of carbonyl (C=O) groups is 2. The summed E-state index contributed by atoms with van der Waals surface area (Å²) in [6, 6.07) is 3.10. The Labute approximate surface area is 177 Å². The summed E-state index contributed by atoms with van der Waals surface area (Å²) < 4.78 is 29.2. The van der Waals surface area contributed by atoms with Gasteiger partial charge in [0.15, 0.2) is 12.3 Å². The molecule has 3 rings (SSSR count). The van der Waals surface area contributed by atoms with E-state index in [-0.39, 0.29) is 24.9 Å². The van der Waals surface area contributed by atoms with Gasteiger partial charge in [-0.05, 0) is 45.3 Å². The van der Waals surface area contributed by atoms with E-state index in [9.17, 15) is 14.0 Å². The lowest BCUT2D eigenvalue weighted by molar-refractivity contribution is 0.0273. The van der Waals surface area contributed by atoms with Gasteiger partial charge < -0.3 is 25.4 Å². The minimum atomic E-state index is -1.37. The van der Waals surface area contributed by atoms with Crippen LogP contribution in [0.15, 0.2) is 18.3 Å². The zero-order valence-electron chi connectivity index (χ0n) is 17.1. The lowest BCUT2D eigenvalue weighted by atomic mass is 10.2. The van der Waals surface area contributed by atoms with Gasteiger partial charge in [-0.25, -0.2) is 14.2 Å². The number of nitrogen functional groups attached to an aromatic ring is 1. The standard InChI is InChI=1S/C19H24FN5O4S/c1-10-15(16(21)30-24-10)17(26)23-11-5-6-14(22-7-11)28-13-9-25(8-12(13)20)18(27)29-19(2,3)4/h5-7,12-13H,8-9,21H2,1-4H3,(H,23,26)/t12-,13+/m0/s1. The third-order valence-electron chi connectivity index (χ3n) is 4.23. The van der Waals surface area contributed by atoms with Crippen molar-refractivity contribution in [3.05, 3.63) is 29.6 Å². The molecule has 0 aromatic carbocycles. The number of ether oxygens (including phenoxy) is 2. The summed E-state index contributed by atoms with van der Waals surface area (Å²) in [4.78, 5) is 29.8. The van der Waals surface area contributed by atoms with Crippen LogP contribution in [0.4, 0.5) is 19.9 Å². The second-order valence-electron chi connectivity index (χ2n) is 7.90. The molecule has 9 nitrogen and oxygen atoms in total. The Morgan fingerprint density at radius 2 is 2.07 bits per heavy atom. The number of aromatic nitrogens is 2. The molecule has 0 unspecified atom stereocenters. The molecule has 0 saturated carbocycles. The van der Waals surface area contributed by atoms with E-state index in [1.807, 2.05) is 0 Å². The van der Waals surface area contributed by atoms with Gasteiger partial charge >= 0.3 is 6.09 Å². The van der Waals surface area contributed by atoms with Crippen LogP contribution in [0.25, 0.3) is 0 Å². The summed E-state index contributed by atoms with van der Waals surface area (Å²) >= 11 is 1.05. The van der Waals surface area contributed by atoms with Gasteiger partial charge in [0.2, 0.25) is 5.88 Å². The zero-order chi connectivity index (χ0) is 22.1. The first kappa shape index (κ1) is 21.8. The van der Waals surface area contributed by atoms with Crippen molar-refractivity contribution in [3.63, 3.8) is 0 Å². The van der Waals surface area contributed by atoms with Crippen LogP contribution in [0.1, 0.15) is 36.8 Å².